The largest absolute Gasteiger partial charge is 0.497 e. The molecule has 3 heteroatoms. The van der Waals surface area contributed by atoms with Crippen LogP contribution in [0.25, 0.3) is 0 Å². The predicted octanol–water partition coefficient (Wildman–Crippen LogP) is 2.15. The molecule has 0 aliphatic carbocycles. The first-order valence-electron chi connectivity index (χ1n) is 5.31. The molecule has 0 radical (unpaired) electrons. The number of hydrogen-bond donors (Lipinski definition) is 1. The van der Waals surface area contributed by atoms with Crippen LogP contribution in [-0.4, -0.2) is 20.3 Å². The molecule has 1 aromatic rings. The first-order valence-corrected chi connectivity index (χ1v) is 5.31. The molecular formula is C13H19NO2. The quantitative estimate of drug-likeness (QED) is 0.749. The fraction of sp³-hybridized carbons (Fsp3) is 0.385. The SMILES string of the molecule is C=C(C)COc1cc(OC)ccc1CCN. The number of benzene rings is 1. The van der Waals surface area contributed by atoms with Crippen LogP contribution in [0, 0.1) is 0 Å². The maximum atomic E-state index is 5.66. The number of rotatable bonds is 6. The first kappa shape index (κ1) is 12.6. The summed E-state index contributed by atoms with van der Waals surface area (Å²) in [5.74, 6) is 1.62. The van der Waals surface area contributed by atoms with E-state index in [0.29, 0.717) is 13.2 Å². The van der Waals surface area contributed by atoms with Crippen molar-refractivity contribution in [1.29, 1.82) is 0 Å². The smallest absolute Gasteiger partial charge is 0.126 e. The van der Waals surface area contributed by atoms with Gasteiger partial charge in [-0.3, -0.25) is 0 Å². The maximum Gasteiger partial charge on any atom is 0.126 e. The summed E-state index contributed by atoms with van der Waals surface area (Å²) in [4.78, 5) is 0. The zero-order valence-electron chi connectivity index (χ0n) is 9.95. The lowest BCUT2D eigenvalue weighted by Crippen LogP contribution is -2.06. The lowest BCUT2D eigenvalue weighted by Gasteiger charge is -2.12. The molecule has 0 spiro atoms. The Morgan fingerprint density at radius 1 is 1.44 bits per heavy atom. The van der Waals surface area contributed by atoms with E-state index in [1.165, 1.54) is 0 Å². The molecule has 1 aromatic carbocycles. The Labute approximate surface area is 96.9 Å². The summed E-state index contributed by atoms with van der Waals surface area (Å²) in [7, 11) is 1.64. The van der Waals surface area contributed by atoms with Gasteiger partial charge in [-0.1, -0.05) is 12.6 Å². The van der Waals surface area contributed by atoms with Crippen molar-refractivity contribution in [3.05, 3.63) is 35.9 Å². The third-order valence-corrected chi connectivity index (χ3v) is 2.16. The van der Waals surface area contributed by atoms with Crippen molar-refractivity contribution >= 4 is 0 Å². The van der Waals surface area contributed by atoms with Gasteiger partial charge in [-0.05, 0) is 37.1 Å². The topological polar surface area (TPSA) is 44.5 Å². The number of ether oxygens (including phenoxy) is 2. The van der Waals surface area contributed by atoms with E-state index in [4.69, 9.17) is 15.2 Å². The van der Waals surface area contributed by atoms with Crippen molar-refractivity contribution in [2.45, 2.75) is 13.3 Å². The van der Waals surface area contributed by atoms with Crippen molar-refractivity contribution in [3.8, 4) is 11.5 Å². The van der Waals surface area contributed by atoms with Crippen LogP contribution in [0.2, 0.25) is 0 Å². The van der Waals surface area contributed by atoms with Gasteiger partial charge in [0.05, 0.1) is 7.11 Å². The van der Waals surface area contributed by atoms with E-state index in [0.717, 1.165) is 29.1 Å². The Hall–Kier alpha value is -1.48. The third-order valence-electron chi connectivity index (χ3n) is 2.16. The highest BCUT2D eigenvalue weighted by molar-refractivity contribution is 5.41. The summed E-state index contributed by atoms with van der Waals surface area (Å²) < 4.78 is 10.8. The van der Waals surface area contributed by atoms with Gasteiger partial charge in [0.2, 0.25) is 0 Å². The molecule has 1 rings (SSSR count). The third kappa shape index (κ3) is 3.59. The van der Waals surface area contributed by atoms with Gasteiger partial charge >= 0.3 is 0 Å². The summed E-state index contributed by atoms with van der Waals surface area (Å²) in [5.41, 5.74) is 7.64. The number of methoxy groups -OCH3 is 1. The van der Waals surface area contributed by atoms with Gasteiger partial charge in [-0.2, -0.15) is 0 Å². The Bertz CT molecular complexity index is 361. The second kappa shape index (κ2) is 6.18. The monoisotopic (exact) mass is 221 g/mol. The lowest BCUT2D eigenvalue weighted by atomic mass is 10.1. The van der Waals surface area contributed by atoms with Crippen LogP contribution in [-0.2, 0) is 6.42 Å². The van der Waals surface area contributed by atoms with Gasteiger partial charge in [0.25, 0.3) is 0 Å². The molecule has 0 bridgehead atoms. The highest BCUT2D eigenvalue weighted by Gasteiger charge is 2.05. The number of nitrogens with two attached hydrogens (primary N) is 1. The van der Waals surface area contributed by atoms with Gasteiger partial charge in [-0.25, -0.2) is 0 Å². The summed E-state index contributed by atoms with van der Waals surface area (Å²) in [5, 5.41) is 0. The van der Waals surface area contributed by atoms with E-state index in [9.17, 15) is 0 Å². The minimum absolute atomic E-state index is 0.519. The molecular weight excluding hydrogens is 202 g/mol. The van der Waals surface area contributed by atoms with Gasteiger partial charge in [-0.15, -0.1) is 0 Å². The summed E-state index contributed by atoms with van der Waals surface area (Å²) in [6.45, 7) is 6.87. The van der Waals surface area contributed by atoms with E-state index in [1.54, 1.807) is 7.11 Å². The van der Waals surface area contributed by atoms with Crippen LogP contribution in [0.3, 0.4) is 0 Å². The van der Waals surface area contributed by atoms with Crippen molar-refractivity contribution in [2.24, 2.45) is 5.73 Å². The molecule has 16 heavy (non-hydrogen) atoms. The zero-order chi connectivity index (χ0) is 12.0. The van der Waals surface area contributed by atoms with Gasteiger partial charge < -0.3 is 15.2 Å². The van der Waals surface area contributed by atoms with Crippen LogP contribution in [0.4, 0.5) is 0 Å². The fourth-order valence-corrected chi connectivity index (χ4v) is 1.36. The van der Waals surface area contributed by atoms with Crippen LogP contribution < -0.4 is 15.2 Å². The van der Waals surface area contributed by atoms with Crippen molar-refractivity contribution < 1.29 is 9.47 Å². The molecule has 0 heterocycles. The van der Waals surface area contributed by atoms with E-state index >= 15 is 0 Å². The Morgan fingerprint density at radius 2 is 2.19 bits per heavy atom. The normalized spacial score (nSPS) is 9.94. The van der Waals surface area contributed by atoms with Crippen LogP contribution in [0.15, 0.2) is 30.4 Å². The molecule has 0 saturated carbocycles. The first-order chi connectivity index (χ1) is 7.67. The predicted molar refractivity (Wildman–Crippen MR) is 66.1 cm³/mol. The van der Waals surface area contributed by atoms with Crippen molar-refractivity contribution in [2.75, 3.05) is 20.3 Å². The highest BCUT2D eigenvalue weighted by Crippen LogP contribution is 2.25. The molecule has 0 aliphatic heterocycles. The molecule has 3 nitrogen and oxygen atoms in total. The molecule has 0 amide bonds. The standard InChI is InChI=1S/C13H19NO2/c1-10(2)9-16-13-8-12(15-3)5-4-11(13)6-7-14/h4-5,8H,1,6-7,9,14H2,2-3H3. The summed E-state index contributed by atoms with van der Waals surface area (Å²) >= 11 is 0. The van der Waals surface area contributed by atoms with E-state index in [-0.39, 0.29) is 0 Å². The molecule has 0 unspecified atom stereocenters. The Kier molecular flexibility index (Phi) is 4.86. The fourth-order valence-electron chi connectivity index (χ4n) is 1.36. The van der Waals surface area contributed by atoms with E-state index < -0.39 is 0 Å². The molecule has 0 aromatic heterocycles. The second-order valence-electron chi connectivity index (χ2n) is 3.76. The van der Waals surface area contributed by atoms with Gasteiger partial charge in [0, 0.05) is 6.07 Å². The Balaban J connectivity index is 2.86. The van der Waals surface area contributed by atoms with Crippen molar-refractivity contribution in [1.82, 2.24) is 0 Å². The van der Waals surface area contributed by atoms with Crippen molar-refractivity contribution in [3.63, 3.8) is 0 Å². The lowest BCUT2D eigenvalue weighted by molar-refractivity contribution is 0.344. The average molecular weight is 221 g/mol. The van der Waals surface area contributed by atoms with E-state index in [2.05, 4.69) is 6.58 Å². The minimum atomic E-state index is 0.519. The average Bonchev–Trinajstić information content (AvgIpc) is 2.28. The molecule has 0 fully saturated rings. The molecule has 0 atom stereocenters. The van der Waals surface area contributed by atoms with Crippen LogP contribution in [0.5, 0.6) is 11.5 Å². The van der Waals surface area contributed by atoms with Gasteiger partial charge in [0.1, 0.15) is 18.1 Å². The van der Waals surface area contributed by atoms with Crippen LogP contribution >= 0.6 is 0 Å². The molecule has 2 N–H and O–H groups in total. The minimum Gasteiger partial charge on any atom is -0.497 e. The maximum absolute atomic E-state index is 5.66. The Morgan fingerprint density at radius 3 is 2.75 bits per heavy atom. The van der Waals surface area contributed by atoms with E-state index in [1.807, 2.05) is 25.1 Å². The summed E-state index contributed by atoms with van der Waals surface area (Å²) in [6, 6.07) is 5.78. The zero-order valence-corrected chi connectivity index (χ0v) is 9.95. The second-order valence-corrected chi connectivity index (χ2v) is 3.76. The summed E-state index contributed by atoms with van der Waals surface area (Å²) in [6.07, 6.45) is 0.801. The van der Waals surface area contributed by atoms with Gasteiger partial charge in [0.15, 0.2) is 0 Å². The molecule has 0 saturated heterocycles. The highest BCUT2D eigenvalue weighted by atomic mass is 16.5. The molecule has 88 valence electrons. The molecule has 0 aliphatic rings. The number of hydrogen-bond acceptors (Lipinski definition) is 3. The van der Waals surface area contributed by atoms with Crippen LogP contribution in [0.1, 0.15) is 12.5 Å².